The highest BCUT2D eigenvalue weighted by molar-refractivity contribution is 5.95. The molecule has 28 heavy (non-hydrogen) atoms. The molecule has 0 spiro atoms. The number of carboxylic acid groups (broad SMARTS) is 1. The molecule has 1 aromatic heterocycles. The monoisotopic (exact) mass is 385 g/mol. The van der Waals surface area contributed by atoms with Crippen molar-refractivity contribution >= 4 is 17.8 Å². The van der Waals surface area contributed by atoms with Gasteiger partial charge in [0.25, 0.3) is 0 Å². The molecule has 2 heterocycles. The highest BCUT2D eigenvalue weighted by Gasteiger charge is 2.33. The molecular weight excluding hydrogens is 362 g/mol. The Morgan fingerprint density at radius 2 is 1.93 bits per heavy atom. The Morgan fingerprint density at radius 1 is 1.18 bits per heavy atom. The Morgan fingerprint density at radius 3 is 2.61 bits per heavy atom. The first kappa shape index (κ1) is 19.6. The zero-order valence-electron chi connectivity index (χ0n) is 15.8. The van der Waals surface area contributed by atoms with Crippen LogP contribution < -0.4 is 5.32 Å². The Labute approximate surface area is 162 Å². The molecule has 1 fully saturated rings. The molecule has 1 aliphatic rings. The molecule has 3 rings (SSSR count). The first-order valence-corrected chi connectivity index (χ1v) is 9.03. The van der Waals surface area contributed by atoms with Crippen molar-refractivity contribution in [1.29, 1.82) is 0 Å². The van der Waals surface area contributed by atoms with E-state index in [0.717, 1.165) is 0 Å². The lowest BCUT2D eigenvalue weighted by molar-refractivity contribution is -0.136. The van der Waals surface area contributed by atoms with Gasteiger partial charge in [-0.2, -0.15) is 0 Å². The number of aromatic carboxylic acids is 1. The van der Waals surface area contributed by atoms with Crippen LogP contribution in [0.3, 0.4) is 0 Å². The number of carbonyl (C=O) groups excluding carboxylic acids is 2. The smallest absolute Gasteiger partial charge is 0.336 e. The number of nitrogens with zero attached hydrogens (tertiary/aromatic N) is 2. The number of likely N-dealkylation sites (N-methyl/N-ethyl adjacent to an activating group) is 1. The number of carboxylic acids is 1. The maximum atomic E-state index is 12.3. The SMILES string of the molecule is CNC(=O)C1CN(C(C)=O)CCN1Cc1ccc(-c2ccccc2C(=O)O)o1. The maximum absolute atomic E-state index is 12.3. The number of furan rings is 1. The maximum Gasteiger partial charge on any atom is 0.336 e. The van der Waals surface area contributed by atoms with Gasteiger partial charge in [0.1, 0.15) is 17.6 Å². The van der Waals surface area contributed by atoms with Crippen molar-refractivity contribution in [2.75, 3.05) is 26.7 Å². The second-order valence-electron chi connectivity index (χ2n) is 6.68. The molecule has 0 bridgehead atoms. The number of piperazine rings is 1. The second kappa shape index (κ2) is 8.26. The third-order valence-electron chi connectivity index (χ3n) is 4.93. The van der Waals surface area contributed by atoms with Gasteiger partial charge >= 0.3 is 5.97 Å². The van der Waals surface area contributed by atoms with Gasteiger partial charge in [-0.3, -0.25) is 14.5 Å². The van der Waals surface area contributed by atoms with Gasteiger partial charge in [0.05, 0.1) is 12.1 Å². The summed E-state index contributed by atoms with van der Waals surface area (Å²) >= 11 is 0. The average Bonchev–Trinajstić information content (AvgIpc) is 3.15. The van der Waals surface area contributed by atoms with Gasteiger partial charge in [0.15, 0.2) is 0 Å². The highest BCUT2D eigenvalue weighted by Crippen LogP contribution is 2.27. The Hall–Kier alpha value is -3.13. The first-order chi connectivity index (χ1) is 13.4. The van der Waals surface area contributed by atoms with E-state index in [2.05, 4.69) is 5.32 Å². The fourth-order valence-corrected chi connectivity index (χ4v) is 3.40. The summed E-state index contributed by atoms with van der Waals surface area (Å²) in [6.45, 7) is 3.29. The van der Waals surface area contributed by atoms with E-state index in [0.29, 0.717) is 43.3 Å². The molecule has 148 valence electrons. The molecule has 2 aromatic rings. The number of benzene rings is 1. The summed E-state index contributed by atoms with van der Waals surface area (Å²) in [6.07, 6.45) is 0. The van der Waals surface area contributed by atoms with Gasteiger partial charge in [-0.25, -0.2) is 4.79 Å². The van der Waals surface area contributed by atoms with E-state index in [1.54, 1.807) is 42.3 Å². The molecule has 8 nitrogen and oxygen atoms in total. The lowest BCUT2D eigenvalue weighted by Gasteiger charge is -2.39. The van der Waals surface area contributed by atoms with Crippen LogP contribution in [0.5, 0.6) is 0 Å². The van der Waals surface area contributed by atoms with E-state index in [9.17, 15) is 19.5 Å². The van der Waals surface area contributed by atoms with E-state index in [4.69, 9.17) is 4.42 Å². The van der Waals surface area contributed by atoms with Gasteiger partial charge in [-0.15, -0.1) is 0 Å². The van der Waals surface area contributed by atoms with E-state index in [1.807, 2.05) is 4.90 Å². The van der Waals surface area contributed by atoms with Crippen molar-refractivity contribution in [3.05, 3.63) is 47.7 Å². The van der Waals surface area contributed by atoms with E-state index >= 15 is 0 Å². The standard InChI is InChI=1S/C20H23N3O5/c1-13(24)22-9-10-23(17(12-22)19(25)21-2)11-14-7-8-18(28-14)15-5-3-4-6-16(15)20(26)27/h3-8,17H,9-12H2,1-2H3,(H,21,25)(H,26,27). The summed E-state index contributed by atoms with van der Waals surface area (Å²) in [7, 11) is 1.57. The van der Waals surface area contributed by atoms with Crippen LogP contribution in [0.4, 0.5) is 0 Å². The first-order valence-electron chi connectivity index (χ1n) is 9.03. The minimum atomic E-state index is -1.02. The highest BCUT2D eigenvalue weighted by atomic mass is 16.4. The van der Waals surface area contributed by atoms with Crippen molar-refractivity contribution in [2.24, 2.45) is 0 Å². The Balaban J connectivity index is 1.80. The van der Waals surface area contributed by atoms with Crippen LogP contribution >= 0.6 is 0 Å². The summed E-state index contributed by atoms with van der Waals surface area (Å²) in [5.74, 6) is -0.145. The lowest BCUT2D eigenvalue weighted by atomic mass is 10.1. The molecular formula is C20H23N3O5. The minimum absolute atomic E-state index is 0.0564. The molecule has 1 aromatic carbocycles. The molecule has 2 amide bonds. The second-order valence-corrected chi connectivity index (χ2v) is 6.68. The van der Waals surface area contributed by atoms with Gasteiger partial charge < -0.3 is 19.7 Å². The summed E-state index contributed by atoms with van der Waals surface area (Å²) in [5.41, 5.74) is 0.673. The number of amides is 2. The topological polar surface area (TPSA) is 103 Å². The zero-order chi connectivity index (χ0) is 20.3. The van der Waals surface area contributed by atoms with Crippen molar-refractivity contribution in [3.8, 4) is 11.3 Å². The number of rotatable bonds is 5. The fraction of sp³-hybridized carbons (Fsp3) is 0.350. The summed E-state index contributed by atoms with van der Waals surface area (Å²) in [4.78, 5) is 39.0. The minimum Gasteiger partial charge on any atom is -0.478 e. The quantitative estimate of drug-likeness (QED) is 0.807. The predicted molar refractivity (Wildman–Crippen MR) is 102 cm³/mol. The van der Waals surface area contributed by atoms with Crippen LogP contribution in [0.1, 0.15) is 23.0 Å². The van der Waals surface area contributed by atoms with Gasteiger partial charge in [-0.05, 0) is 18.2 Å². The number of hydrogen-bond acceptors (Lipinski definition) is 5. The van der Waals surface area contributed by atoms with Crippen molar-refractivity contribution in [3.63, 3.8) is 0 Å². The third kappa shape index (κ3) is 4.07. The average molecular weight is 385 g/mol. The zero-order valence-corrected chi connectivity index (χ0v) is 15.8. The molecule has 0 saturated carbocycles. The van der Waals surface area contributed by atoms with Crippen LogP contribution in [0.2, 0.25) is 0 Å². The largest absolute Gasteiger partial charge is 0.478 e. The predicted octanol–water partition coefficient (Wildman–Crippen LogP) is 1.42. The summed E-state index contributed by atoms with van der Waals surface area (Å²) in [6, 6.07) is 9.70. The molecule has 2 N–H and O–H groups in total. The van der Waals surface area contributed by atoms with Gasteiger partial charge in [0, 0.05) is 39.2 Å². The van der Waals surface area contributed by atoms with Gasteiger partial charge in [-0.1, -0.05) is 18.2 Å². The van der Waals surface area contributed by atoms with Crippen LogP contribution in [0, 0.1) is 0 Å². The van der Waals surface area contributed by atoms with E-state index < -0.39 is 12.0 Å². The van der Waals surface area contributed by atoms with Crippen LogP contribution in [0.15, 0.2) is 40.8 Å². The van der Waals surface area contributed by atoms with Gasteiger partial charge in [0.2, 0.25) is 11.8 Å². The molecule has 1 saturated heterocycles. The van der Waals surface area contributed by atoms with Crippen LogP contribution in [-0.2, 0) is 16.1 Å². The normalized spacial score (nSPS) is 17.4. The Bertz CT molecular complexity index is 891. The van der Waals surface area contributed by atoms with Crippen molar-refractivity contribution in [2.45, 2.75) is 19.5 Å². The van der Waals surface area contributed by atoms with Crippen LogP contribution in [-0.4, -0.2) is 65.4 Å². The Kier molecular flexibility index (Phi) is 5.79. The van der Waals surface area contributed by atoms with E-state index in [-0.39, 0.29) is 17.4 Å². The summed E-state index contributed by atoms with van der Waals surface area (Å²) in [5, 5.41) is 12.0. The molecule has 8 heteroatoms. The number of carbonyl (C=O) groups is 3. The van der Waals surface area contributed by atoms with Crippen LogP contribution in [0.25, 0.3) is 11.3 Å². The lowest BCUT2D eigenvalue weighted by Crippen LogP contribution is -2.59. The molecule has 1 aliphatic heterocycles. The molecule has 0 radical (unpaired) electrons. The fourth-order valence-electron chi connectivity index (χ4n) is 3.40. The van der Waals surface area contributed by atoms with E-state index in [1.165, 1.54) is 13.0 Å². The number of hydrogen-bond donors (Lipinski definition) is 2. The molecule has 0 aliphatic carbocycles. The van der Waals surface area contributed by atoms with Crippen molar-refractivity contribution in [1.82, 2.24) is 15.1 Å². The third-order valence-corrected chi connectivity index (χ3v) is 4.93. The van der Waals surface area contributed by atoms with Crippen molar-refractivity contribution < 1.29 is 23.9 Å². The molecule has 1 atom stereocenters. The summed E-state index contributed by atoms with van der Waals surface area (Å²) < 4.78 is 5.88. The number of nitrogens with one attached hydrogen (secondary N) is 1. The molecule has 1 unspecified atom stereocenters.